The molecule has 0 unspecified atom stereocenters. The summed E-state index contributed by atoms with van der Waals surface area (Å²) < 4.78 is 7.52. The van der Waals surface area contributed by atoms with Crippen molar-refractivity contribution in [1.82, 2.24) is 9.78 Å². The maximum atomic E-state index is 5.59. The van der Waals surface area contributed by atoms with Gasteiger partial charge in [0.15, 0.2) is 0 Å². The van der Waals surface area contributed by atoms with Gasteiger partial charge in [-0.15, -0.1) is 0 Å². The first kappa shape index (κ1) is 19.4. The van der Waals surface area contributed by atoms with Gasteiger partial charge in [0.2, 0.25) is 0 Å². The fourth-order valence-electron chi connectivity index (χ4n) is 3.91. The van der Waals surface area contributed by atoms with E-state index in [1.54, 1.807) is 13.3 Å². The van der Waals surface area contributed by atoms with Crippen molar-refractivity contribution in [2.45, 2.75) is 39.9 Å². The third kappa shape index (κ3) is 4.24. The number of para-hydroxylation sites is 2. The Bertz CT molecular complexity index is 959. The summed E-state index contributed by atoms with van der Waals surface area (Å²) in [5, 5.41) is 8.08. The highest BCUT2D eigenvalue weighted by Crippen LogP contribution is 2.36. The van der Waals surface area contributed by atoms with Crippen LogP contribution >= 0.6 is 0 Å². The number of rotatable bonds is 5. The second-order valence-corrected chi connectivity index (χ2v) is 8.81. The van der Waals surface area contributed by atoms with Crippen molar-refractivity contribution in [2.24, 2.45) is 5.41 Å². The van der Waals surface area contributed by atoms with Gasteiger partial charge in [-0.05, 0) is 41.3 Å². The Morgan fingerprint density at radius 2 is 1.93 bits per heavy atom. The number of anilines is 2. The van der Waals surface area contributed by atoms with Gasteiger partial charge in [0.1, 0.15) is 5.75 Å². The van der Waals surface area contributed by atoms with Crippen LogP contribution in [0.25, 0.3) is 0 Å². The lowest BCUT2D eigenvalue weighted by Gasteiger charge is -2.43. The van der Waals surface area contributed by atoms with Crippen LogP contribution in [0.2, 0.25) is 0 Å². The highest BCUT2D eigenvalue weighted by molar-refractivity contribution is 5.72. The molecule has 29 heavy (non-hydrogen) atoms. The first-order valence-electron chi connectivity index (χ1n) is 10.2. The second kappa shape index (κ2) is 7.82. The van der Waals surface area contributed by atoms with Crippen LogP contribution in [0.15, 0.2) is 60.9 Å². The molecule has 0 saturated carbocycles. The van der Waals surface area contributed by atoms with E-state index in [0.717, 1.165) is 24.4 Å². The molecule has 2 heterocycles. The number of methoxy groups -OCH3 is 1. The highest BCUT2D eigenvalue weighted by atomic mass is 16.5. The average molecular weight is 391 g/mol. The molecule has 0 amide bonds. The molecular weight excluding hydrogens is 360 g/mol. The Kier molecular flexibility index (Phi) is 5.22. The van der Waals surface area contributed by atoms with E-state index in [1.165, 1.54) is 16.9 Å². The fraction of sp³-hybridized carbons (Fsp3) is 0.375. The van der Waals surface area contributed by atoms with Crippen LogP contribution in [0.3, 0.4) is 0 Å². The van der Waals surface area contributed by atoms with Crippen LogP contribution in [0.5, 0.6) is 5.75 Å². The summed E-state index contributed by atoms with van der Waals surface area (Å²) in [5.41, 5.74) is 5.07. The van der Waals surface area contributed by atoms with Gasteiger partial charge in [-0.2, -0.15) is 5.10 Å². The number of hydrogen-bond donors (Lipinski definition) is 1. The molecule has 0 saturated heterocycles. The van der Waals surface area contributed by atoms with E-state index in [-0.39, 0.29) is 5.41 Å². The Morgan fingerprint density at radius 3 is 2.66 bits per heavy atom. The van der Waals surface area contributed by atoms with E-state index < -0.39 is 0 Å². The summed E-state index contributed by atoms with van der Waals surface area (Å²) in [5.74, 6) is 0.900. The molecule has 152 valence electrons. The monoisotopic (exact) mass is 390 g/mol. The molecule has 0 radical (unpaired) electrons. The number of fused-ring (bicyclic) bond motifs is 1. The van der Waals surface area contributed by atoms with Gasteiger partial charge in [-0.25, -0.2) is 0 Å². The molecule has 4 rings (SSSR count). The highest BCUT2D eigenvalue weighted by Gasteiger charge is 2.31. The summed E-state index contributed by atoms with van der Waals surface area (Å²) in [6, 6.07) is 17.4. The average Bonchev–Trinajstić information content (AvgIpc) is 3.20. The number of nitrogens with zero attached hydrogens (tertiary/aromatic N) is 3. The van der Waals surface area contributed by atoms with Gasteiger partial charge >= 0.3 is 0 Å². The molecule has 1 aliphatic heterocycles. The number of hydrogen-bond acceptors (Lipinski definition) is 4. The minimum absolute atomic E-state index is 0.178. The molecule has 2 aromatic carbocycles. The Hall–Kier alpha value is -2.95. The minimum Gasteiger partial charge on any atom is -0.496 e. The minimum atomic E-state index is 0.178. The zero-order valence-corrected chi connectivity index (χ0v) is 17.7. The van der Waals surface area contributed by atoms with Gasteiger partial charge in [-0.1, -0.05) is 39.0 Å². The van der Waals surface area contributed by atoms with Gasteiger partial charge in [-0.3, -0.25) is 4.68 Å². The molecule has 5 nitrogen and oxygen atoms in total. The first-order chi connectivity index (χ1) is 13.9. The predicted octanol–water partition coefficient (Wildman–Crippen LogP) is 4.79. The normalized spacial score (nSPS) is 16.3. The van der Waals surface area contributed by atoms with Crippen LogP contribution in [0, 0.1) is 5.41 Å². The molecule has 1 aromatic heterocycles. The van der Waals surface area contributed by atoms with E-state index in [1.807, 2.05) is 16.9 Å². The predicted molar refractivity (Wildman–Crippen MR) is 119 cm³/mol. The zero-order chi connectivity index (χ0) is 20.4. The second-order valence-electron chi connectivity index (χ2n) is 8.81. The lowest BCUT2D eigenvalue weighted by atomic mass is 9.85. The number of ether oxygens (including phenoxy) is 1. The van der Waals surface area contributed by atoms with Crippen molar-refractivity contribution < 1.29 is 4.74 Å². The Labute approximate surface area is 173 Å². The Balaban J connectivity index is 1.62. The smallest absolute Gasteiger partial charge is 0.123 e. The topological polar surface area (TPSA) is 42.3 Å². The summed E-state index contributed by atoms with van der Waals surface area (Å²) in [6.07, 6.45) is 3.78. The zero-order valence-electron chi connectivity index (χ0n) is 17.7. The molecule has 1 N–H and O–H groups in total. The largest absolute Gasteiger partial charge is 0.496 e. The van der Waals surface area contributed by atoms with Gasteiger partial charge in [0.05, 0.1) is 25.0 Å². The van der Waals surface area contributed by atoms with Crippen LogP contribution in [0.4, 0.5) is 11.4 Å². The van der Waals surface area contributed by atoms with Crippen LogP contribution in [-0.4, -0.2) is 29.5 Å². The molecule has 1 atom stereocenters. The van der Waals surface area contributed by atoms with E-state index >= 15 is 0 Å². The van der Waals surface area contributed by atoms with E-state index in [2.05, 4.69) is 78.6 Å². The first-order valence-corrected chi connectivity index (χ1v) is 10.2. The van der Waals surface area contributed by atoms with Crippen molar-refractivity contribution in [2.75, 3.05) is 23.9 Å². The summed E-state index contributed by atoms with van der Waals surface area (Å²) in [7, 11) is 1.72. The maximum Gasteiger partial charge on any atom is 0.123 e. The summed E-state index contributed by atoms with van der Waals surface area (Å²) in [6.45, 7) is 9.43. The van der Waals surface area contributed by atoms with Crippen molar-refractivity contribution in [3.05, 3.63) is 72.1 Å². The van der Waals surface area contributed by atoms with Crippen LogP contribution in [-0.2, 0) is 13.1 Å². The molecule has 3 aromatic rings. The molecule has 1 aliphatic rings. The number of benzene rings is 2. The number of nitrogens with one attached hydrogen (secondary N) is 1. The standard InChI is InChI=1S/C24H30N4O/c1-24(2,3)23-17-27(21-9-6-5-8-20(21)26-23)15-18-10-11-22(29-4)19(14-18)16-28-13-7-12-25-28/h5-14,23,26H,15-17H2,1-4H3/t23-/m0/s1. The van der Waals surface area contributed by atoms with Gasteiger partial charge in [0, 0.05) is 37.1 Å². The maximum absolute atomic E-state index is 5.59. The van der Waals surface area contributed by atoms with Gasteiger partial charge in [0.25, 0.3) is 0 Å². The van der Waals surface area contributed by atoms with Crippen molar-refractivity contribution in [1.29, 1.82) is 0 Å². The lowest BCUT2D eigenvalue weighted by molar-refractivity contribution is 0.335. The molecule has 0 spiro atoms. The molecule has 0 fully saturated rings. The molecule has 0 bridgehead atoms. The SMILES string of the molecule is COc1ccc(CN2C[C@@H](C(C)(C)C)Nc3ccccc32)cc1Cn1cccn1. The van der Waals surface area contributed by atoms with E-state index in [0.29, 0.717) is 12.6 Å². The summed E-state index contributed by atoms with van der Waals surface area (Å²) in [4.78, 5) is 2.49. The van der Waals surface area contributed by atoms with Crippen molar-refractivity contribution in [3.63, 3.8) is 0 Å². The van der Waals surface area contributed by atoms with Crippen LogP contribution < -0.4 is 15.0 Å². The molecule has 5 heteroatoms. The fourth-order valence-corrected chi connectivity index (χ4v) is 3.91. The van der Waals surface area contributed by atoms with Gasteiger partial charge < -0.3 is 15.0 Å². The van der Waals surface area contributed by atoms with E-state index in [4.69, 9.17) is 4.74 Å². The third-order valence-electron chi connectivity index (χ3n) is 5.63. The number of aromatic nitrogens is 2. The van der Waals surface area contributed by atoms with E-state index in [9.17, 15) is 0 Å². The quantitative estimate of drug-likeness (QED) is 0.680. The van der Waals surface area contributed by atoms with Crippen LogP contribution in [0.1, 0.15) is 31.9 Å². The molecular formula is C24H30N4O. The molecule has 0 aliphatic carbocycles. The third-order valence-corrected chi connectivity index (χ3v) is 5.63. The Morgan fingerprint density at radius 1 is 1.10 bits per heavy atom. The summed E-state index contributed by atoms with van der Waals surface area (Å²) >= 11 is 0. The lowest BCUT2D eigenvalue weighted by Crippen LogP contribution is -2.47. The van der Waals surface area contributed by atoms with Crippen molar-refractivity contribution in [3.8, 4) is 5.75 Å². The van der Waals surface area contributed by atoms with Crippen molar-refractivity contribution >= 4 is 11.4 Å².